The predicted octanol–water partition coefficient (Wildman–Crippen LogP) is 1.88. The Labute approximate surface area is 110 Å². The number of hydrogen-bond donors (Lipinski definition) is 3. The third-order valence-electron chi connectivity index (χ3n) is 2.76. The van der Waals surface area contributed by atoms with Crippen LogP contribution in [0.5, 0.6) is 0 Å². The van der Waals surface area contributed by atoms with Crippen molar-refractivity contribution in [3.05, 3.63) is 71.5 Å². The Morgan fingerprint density at radius 2 is 1.89 bits per heavy atom. The van der Waals surface area contributed by atoms with Gasteiger partial charge in [0.15, 0.2) is 11.6 Å². The summed E-state index contributed by atoms with van der Waals surface area (Å²) in [6, 6.07) is 8.75. The lowest BCUT2D eigenvalue weighted by molar-refractivity contribution is -0.122. The zero-order valence-electron chi connectivity index (χ0n) is 10.2. The molecular formula is C15H14O4. The summed E-state index contributed by atoms with van der Waals surface area (Å²) >= 11 is 0. The van der Waals surface area contributed by atoms with E-state index in [0.717, 1.165) is 0 Å². The number of aliphatic hydroxyl groups is 3. The van der Waals surface area contributed by atoms with Crippen LogP contribution < -0.4 is 0 Å². The summed E-state index contributed by atoms with van der Waals surface area (Å²) in [6.07, 6.45) is 5.04. The number of allylic oxidation sites excluding steroid dienone is 4. The molecule has 0 amide bonds. The lowest BCUT2D eigenvalue weighted by Gasteiger charge is -2.21. The summed E-state index contributed by atoms with van der Waals surface area (Å²) in [4.78, 5) is 11.8. The van der Waals surface area contributed by atoms with E-state index in [0.29, 0.717) is 11.1 Å². The zero-order valence-corrected chi connectivity index (χ0v) is 10.2. The van der Waals surface area contributed by atoms with Gasteiger partial charge in [0.25, 0.3) is 0 Å². The first-order valence-corrected chi connectivity index (χ1v) is 5.81. The van der Waals surface area contributed by atoms with Crippen molar-refractivity contribution in [3.63, 3.8) is 0 Å². The van der Waals surface area contributed by atoms with Crippen molar-refractivity contribution >= 4 is 5.78 Å². The second-order valence-electron chi connectivity index (χ2n) is 4.35. The lowest BCUT2D eigenvalue weighted by atomic mass is 9.99. The molecule has 0 radical (unpaired) electrons. The maximum atomic E-state index is 11.8. The summed E-state index contributed by atoms with van der Waals surface area (Å²) in [5.41, 5.74) is 0.945. The van der Waals surface area contributed by atoms with Crippen LogP contribution in [-0.2, 0) is 0 Å². The van der Waals surface area contributed by atoms with Crippen molar-refractivity contribution in [2.45, 2.75) is 12.2 Å². The fraction of sp³-hybridized carbons (Fsp3) is 0.133. The van der Waals surface area contributed by atoms with Gasteiger partial charge in [0.1, 0.15) is 5.76 Å². The summed E-state index contributed by atoms with van der Waals surface area (Å²) in [5.74, 6) is -2.37. The molecule has 2 rings (SSSR count). The molecule has 0 unspecified atom stereocenters. The van der Waals surface area contributed by atoms with Gasteiger partial charge in [-0.3, -0.25) is 4.79 Å². The number of ketones is 1. The molecule has 0 bridgehead atoms. The second kappa shape index (κ2) is 5.22. The van der Waals surface area contributed by atoms with E-state index in [2.05, 4.69) is 0 Å². The van der Waals surface area contributed by atoms with Gasteiger partial charge in [0.2, 0.25) is 0 Å². The van der Waals surface area contributed by atoms with Gasteiger partial charge in [0.05, 0.1) is 6.42 Å². The van der Waals surface area contributed by atoms with Crippen LogP contribution in [0.1, 0.15) is 16.8 Å². The van der Waals surface area contributed by atoms with E-state index in [9.17, 15) is 20.1 Å². The van der Waals surface area contributed by atoms with Crippen molar-refractivity contribution in [2.24, 2.45) is 0 Å². The van der Waals surface area contributed by atoms with Gasteiger partial charge in [-0.1, -0.05) is 36.4 Å². The predicted molar refractivity (Wildman–Crippen MR) is 70.5 cm³/mol. The smallest absolute Gasteiger partial charge is 0.190 e. The monoisotopic (exact) mass is 258 g/mol. The largest absolute Gasteiger partial charge is 0.511 e. The lowest BCUT2D eigenvalue weighted by Crippen LogP contribution is -2.27. The third kappa shape index (κ3) is 3.40. The highest BCUT2D eigenvalue weighted by atomic mass is 16.5. The topological polar surface area (TPSA) is 77.8 Å². The first-order chi connectivity index (χ1) is 8.98. The standard InChI is InChI=1S/C15H14O4/c16-13(11-4-2-1-3-5-11)7-6-12-8-9-15(18,19)10-14(12)17/h1-9,17-19H,10H2. The quantitative estimate of drug-likeness (QED) is 0.439. The average molecular weight is 258 g/mol. The highest BCUT2D eigenvalue weighted by Crippen LogP contribution is 2.24. The molecule has 1 aliphatic carbocycles. The molecule has 4 nitrogen and oxygen atoms in total. The van der Waals surface area contributed by atoms with Crippen LogP contribution in [0, 0.1) is 0 Å². The Hall–Kier alpha value is -2.17. The zero-order chi connectivity index (χ0) is 13.9. The molecule has 0 saturated carbocycles. The fourth-order valence-electron chi connectivity index (χ4n) is 1.74. The Kier molecular flexibility index (Phi) is 3.64. The van der Waals surface area contributed by atoms with E-state index in [4.69, 9.17) is 0 Å². The molecule has 1 aliphatic rings. The number of benzene rings is 1. The van der Waals surface area contributed by atoms with Crippen LogP contribution in [0.15, 0.2) is 66.0 Å². The molecule has 0 spiro atoms. The number of aliphatic hydroxyl groups excluding tert-OH is 1. The molecule has 1 aromatic carbocycles. The Bertz CT molecular complexity index is 565. The molecule has 98 valence electrons. The fourth-order valence-corrected chi connectivity index (χ4v) is 1.74. The van der Waals surface area contributed by atoms with Crippen molar-refractivity contribution in [1.82, 2.24) is 0 Å². The van der Waals surface area contributed by atoms with Crippen LogP contribution in [-0.4, -0.2) is 26.9 Å². The highest BCUT2D eigenvalue weighted by molar-refractivity contribution is 6.04. The molecule has 0 aromatic heterocycles. The number of rotatable bonds is 3. The molecule has 0 fully saturated rings. The molecule has 1 aromatic rings. The van der Waals surface area contributed by atoms with Gasteiger partial charge in [-0.25, -0.2) is 0 Å². The van der Waals surface area contributed by atoms with E-state index >= 15 is 0 Å². The highest BCUT2D eigenvalue weighted by Gasteiger charge is 2.25. The molecule has 3 N–H and O–H groups in total. The summed E-state index contributed by atoms with van der Waals surface area (Å²) in [5, 5.41) is 28.2. The first-order valence-electron chi connectivity index (χ1n) is 5.81. The van der Waals surface area contributed by atoms with Crippen molar-refractivity contribution in [2.75, 3.05) is 0 Å². The van der Waals surface area contributed by atoms with E-state index in [1.165, 1.54) is 24.3 Å². The van der Waals surface area contributed by atoms with Gasteiger partial charge in [0, 0.05) is 11.1 Å². The second-order valence-corrected chi connectivity index (χ2v) is 4.35. The van der Waals surface area contributed by atoms with E-state index in [-0.39, 0.29) is 18.0 Å². The van der Waals surface area contributed by atoms with Crippen molar-refractivity contribution in [3.8, 4) is 0 Å². The van der Waals surface area contributed by atoms with Gasteiger partial charge in [-0.15, -0.1) is 0 Å². The van der Waals surface area contributed by atoms with Crippen LogP contribution in [0.2, 0.25) is 0 Å². The van der Waals surface area contributed by atoms with Crippen LogP contribution in [0.3, 0.4) is 0 Å². The summed E-state index contributed by atoms with van der Waals surface area (Å²) < 4.78 is 0. The van der Waals surface area contributed by atoms with E-state index < -0.39 is 5.79 Å². The van der Waals surface area contributed by atoms with Crippen LogP contribution in [0.4, 0.5) is 0 Å². The minimum atomic E-state index is -2.02. The summed E-state index contributed by atoms with van der Waals surface area (Å²) in [6.45, 7) is 0. The molecule has 0 aliphatic heterocycles. The molecule has 0 atom stereocenters. The Morgan fingerprint density at radius 1 is 1.21 bits per heavy atom. The minimum absolute atomic E-state index is 0.162. The molecule has 4 heteroatoms. The first kappa shape index (κ1) is 13.3. The number of hydrogen-bond acceptors (Lipinski definition) is 4. The molecule has 0 saturated heterocycles. The maximum absolute atomic E-state index is 11.8. The van der Waals surface area contributed by atoms with E-state index in [1.54, 1.807) is 24.3 Å². The molecule has 0 heterocycles. The normalized spacial score (nSPS) is 18.0. The maximum Gasteiger partial charge on any atom is 0.190 e. The number of carbonyl (C=O) groups excluding carboxylic acids is 1. The molecular weight excluding hydrogens is 244 g/mol. The van der Waals surface area contributed by atoms with Gasteiger partial charge < -0.3 is 15.3 Å². The van der Waals surface area contributed by atoms with Crippen molar-refractivity contribution < 1.29 is 20.1 Å². The average Bonchev–Trinajstić information content (AvgIpc) is 2.37. The Balaban J connectivity index is 2.12. The minimum Gasteiger partial charge on any atom is -0.511 e. The molecule has 19 heavy (non-hydrogen) atoms. The van der Waals surface area contributed by atoms with Crippen LogP contribution in [0.25, 0.3) is 0 Å². The SMILES string of the molecule is O=C(C=CC1=C(O)CC(O)(O)C=C1)c1ccccc1. The number of carbonyl (C=O) groups is 1. The summed E-state index contributed by atoms with van der Waals surface area (Å²) in [7, 11) is 0. The van der Waals surface area contributed by atoms with E-state index in [1.807, 2.05) is 6.07 Å². The van der Waals surface area contributed by atoms with Gasteiger partial charge >= 0.3 is 0 Å². The Morgan fingerprint density at radius 3 is 2.53 bits per heavy atom. The van der Waals surface area contributed by atoms with Crippen molar-refractivity contribution in [1.29, 1.82) is 0 Å². The van der Waals surface area contributed by atoms with Crippen LogP contribution >= 0.6 is 0 Å². The third-order valence-corrected chi connectivity index (χ3v) is 2.76. The van der Waals surface area contributed by atoms with Gasteiger partial charge in [-0.05, 0) is 18.2 Å². The van der Waals surface area contributed by atoms with Gasteiger partial charge in [-0.2, -0.15) is 0 Å².